The van der Waals surface area contributed by atoms with E-state index in [0.717, 1.165) is 18.0 Å². The smallest absolute Gasteiger partial charge is 0.280 e. The van der Waals surface area contributed by atoms with Crippen molar-refractivity contribution < 1.29 is 18.3 Å². The van der Waals surface area contributed by atoms with Gasteiger partial charge in [0, 0.05) is 6.20 Å². The van der Waals surface area contributed by atoms with Gasteiger partial charge in [-0.3, -0.25) is 9.69 Å². The molecule has 1 aliphatic rings. The van der Waals surface area contributed by atoms with Gasteiger partial charge in [-0.15, -0.1) is 0 Å². The van der Waals surface area contributed by atoms with E-state index in [0.29, 0.717) is 18.1 Å². The summed E-state index contributed by atoms with van der Waals surface area (Å²) in [7, 11) is 0. The molecule has 0 saturated carbocycles. The Hall–Kier alpha value is -2.64. The Labute approximate surface area is 124 Å². The number of aryl methyl sites for hydroxylation is 1. The first-order valence-electron chi connectivity index (χ1n) is 6.57. The van der Waals surface area contributed by atoms with Crippen molar-refractivity contribution in [3.05, 3.63) is 41.6 Å². The molecule has 0 aliphatic carbocycles. The first-order chi connectivity index (χ1) is 10.6. The Kier molecular flexibility index (Phi) is 3.66. The summed E-state index contributed by atoms with van der Waals surface area (Å²) in [6.07, 6.45) is -0.160. The van der Waals surface area contributed by atoms with E-state index in [9.17, 15) is 13.6 Å². The summed E-state index contributed by atoms with van der Waals surface area (Å²) < 4.78 is 30.8. The number of carbonyl (C=O) groups excluding carboxylic acids is 1. The highest BCUT2D eigenvalue weighted by Crippen LogP contribution is 2.31. The average Bonchev–Trinajstić information content (AvgIpc) is 2.53. The number of alkyl halides is 2. The molecule has 0 N–H and O–H groups in total. The van der Waals surface area contributed by atoms with Crippen LogP contribution in [0.1, 0.15) is 28.2 Å². The fraction of sp³-hybridized carbons (Fsp3) is 0.286. The van der Waals surface area contributed by atoms with Crippen molar-refractivity contribution in [3.63, 3.8) is 0 Å². The number of hydrogen-bond donors (Lipinski definition) is 0. The van der Waals surface area contributed by atoms with Crippen LogP contribution >= 0.6 is 0 Å². The zero-order valence-electron chi connectivity index (χ0n) is 11.7. The van der Waals surface area contributed by atoms with Gasteiger partial charge in [-0.2, -0.15) is 0 Å². The van der Waals surface area contributed by atoms with Crippen LogP contribution in [0.15, 0.2) is 24.7 Å². The molecule has 0 atom stereocenters. The predicted octanol–water partition coefficient (Wildman–Crippen LogP) is 2.16. The number of hydrogen-bond acceptors (Lipinski definition) is 5. The van der Waals surface area contributed by atoms with Crippen LogP contribution in [-0.4, -0.2) is 34.0 Å². The summed E-state index contributed by atoms with van der Waals surface area (Å²) in [5.74, 6) is -0.144. The van der Waals surface area contributed by atoms with Gasteiger partial charge in [0.15, 0.2) is 0 Å². The molecule has 22 heavy (non-hydrogen) atoms. The lowest BCUT2D eigenvalue weighted by Gasteiger charge is -2.28. The van der Waals surface area contributed by atoms with Crippen molar-refractivity contribution in [2.75, 3.05) is 18.1 Å². The Morgan fingerprint density at radius 1 is 1.32 bits per heavy atom. The van der Waals surface area contributed by atoms with Gasteiger partial charge >= 0.3 is 0 Å². The van der Waals surface area contributed by atoms with Crippen LogP contribution in [0.3, 0.4) is 0 Å². The topological polar surface area (TPSA) is 68.2 Å². The highest BCUT2D eigenvalue weighted by atomic mass is 19.3. The Morgan fingerprint density at radius 3 is 2.91 bits per heavy atom. The number of rotatable bonds is 2. The van der Waals surface area contributed by atoms with Crippen LogP contribution in [0, 0.1) is 6.92 Å². The predicted molar refractivity (Wildman–Crippen MR) is 73.1 cm³/mol. The van der Waals surface area contributed by atoms with Crippen molar-refractivity contribution in [1.29, 1.82) is 0 Å². The fourth-order valence-electron chi connectivity index (χ4n) is 2.16. The van der Waals surface area contributed by atoms with Crippen molar-refractivity contribution >= 4 is 11.6 Å². The third-order valence-electron chi connectivity index (χ3n) is 3.19. The SMILES string of the molecule is Cc1cnc2c(c1)N(C(=O)c1cc(C(F)F)ncn1)CCO2. The van der Waals surface area contributed by atoms with Crippen LogP contribution in [0.25, 0.3) is 0 Å². The van der Waals surface area contributed by atoms with Gasteiger partial charge in [0.25, 0.3) is 12.3 Å². The number of anilines is 1. The molecule has 2 aromatic heterocycles. The van der Waals surface area contributed by atoms with Crippen molar-refractivity contribution in [1.82, 2.24) is 15.0 Å². The minimum Gasteiger partial charge on any atom is -0.474 e. The van der Waals surface area contributed by atoms with E-state index in [-0.39, 0.29) is 12.3 Å². The molecule has 114 valence electrons. The second-order valence-corrected chi connectivity index (χ2v) is 4.77. The molecule has 0 radical (unpaired) electrons. The number of aromatic nitrogens is 3. The van der Waals surface area contributed by atoms with Gasteiger partial charge in [-0.25, -0.2) is 23.7 Å². The molecule has 0 spiro atoms. The number of pyridine rings is 1. The summed E-state index contributed by atoms with van der Waals surface area (Å²) in [5, 5.41) is 0. The molecule has 0 fully saturated rings. The molecule has 1 amide bonds. The minimum atomic E-state index is -2.75. The first kappa shape index (κ1) is 14.3. The highest BCUT2D eigenvalue weighted by molar-refractivity contribution is 6.05. The number of halogens is 2. The maximum Gasteiger partial charge on any atom is 0.280 e. The van der Waals surface area contributed by atoms with Gasteiger partial charge in [-0.1, -0.05) is 0 Å². The fourth-order valence-corrected chi connectivity index (χ4v) is 2.16. The van der Waals surface area contributed by atoms with Crippen LogP contribution in [0.2, 0.25) is 0 Å². The molecular formula is C14H12F2N4O2. The maximum absolute atomic E-state index is 12.7. The average molecular weight is 306 g/mol. The van der Waals surface area contributed by atoms with E-state index < -0.39 is 18.0 Å². The molecule has 3 heterocycles. The third-order valence-corrected chi connectivity index (χ3v) is 3.19. The first-order valence-corrected chi connectivity index (χ1v) is 6.57. The molecule has 2 aromatic rings. The monoisotopic (exact) mass is 306 g/mol. The van der Waals surface area contributed by atoms with E-state index in [1.165, 1.54) is 4.90 Å². The van der Waals surface area contributed by atoms with E-state index in [4.69, 9.17) is 4.74 Å². The van der Waals surface area contributed by atoms with Crippen molar-refractivity contribution in [2.24, 2.45) is 0 Å². The number of fused-ring (bicyclic) bond motifs is 1. The Bertz CT molecular complexity index is 724. The summed E-state index contributed by atoms with van der Waals surface area (Å²) >= 11 is 0. The summed E-state index contributed by atoms with van der Waals surface area (Å²) in [5.41, 5.74) is 0.806. The molecule has 8 heteroatoms. The molecule has 3 rings (SSSR count). The van der Waals surface area contributed by atoms with Crippen LogP contribution in [-0.2, 0) is 0 Å². The molecular weight excluding hydrogens is 294 g/mol. The van der Waals surface area contributed by atoms with Crippen LogP contribution in [0.4, 0.5) is 14.5 Å². The molecule has 0 unspecified atom stereocenters. The lowest BCUT2D eigenvalue weighted by Crippen LogP contribution is -2.38. The Balaban J connectivity index is 1.97. The summed E-state index contributed by atoms with van der Waals surface area (Å²) in [6, 6.07) is 2.76. The standard InChI is InChI=1S/C14H12F2N4O2/c1-8-4-11-13(17-6-8)22-3-2-20(11)14(21)10-5-9(12(15)16)18-7-19-10/h4-7,12H,2-3H2,1H3. The van der Waals surface area contributed by atoms with Crippen molar-refractivity contribution in [2.45, 2.75) is 13.3 Å². The summed E-state index contributed by atoms with van der Waals surface area (Å²) in [4.78, 5) is 25.4. The number of carbonyl (C=O) groups is 1. The second kappa shape index (κ2) is 5.63. The molecule has 6 nitrogen and oxygen atoms in total. The van der Waals surface area contributed by atoms with Gasteiger partial charge in [0.1, 0.15) is 30.0 Å². The lowest BCUT2D eigenvalue weighted by atomic mass is 10.2. The minimum absolute atomic E-state index is 0.0837. The van der Waals surface area contributed by atoms with Gasteiger partial charge in [-0.05, 0) is 24.6 Å². The Morgan fingerprint density at radius 2 is 2.14 bits per heavy atom. The van der Waals surface area contributed by atoms with E-state index in [1.807, 2.05) is 6.92 Å². The van der Waals surface area contributed by atoms with Gasteiger partial charge in [0.05, 0.1) is 6.54 Å². The van der Waals surface area contributed by atoms with Gasteiger partial charge < -0.3 is 4.74 Å². The summed E-state index contributed by atoms with van der Waals surface area (Å²) in [6.45, 7) is 2.41. The van der Waals surface area contributed by atoms with Gasteiger partial charge in [0.2, 0.25) is 5.88 Å². The highest BCUT2D eigenvalue weighted by Gasteiger charge is 2.27. The molecule has 1 aliphatic heterocycles. The molecule has 0 bridgehead atoms. The van der Waals surface area contributed by atoms with Crippen LogP contribution in [0.5, 0.6) is 5.88 Å². The maximum atomic E-state index is 12.7. The quantitative estimate of drug-likeness (QED) is 0.850. The van der Waals surface area contributed by atoms with Crippen LogP contribution < -0.4 is 9.64 Å². The second-order valence-electron chi connectivity index (χ2n) is 4.77. The number of ether oxygens (including phenoxy) is 1. The zero-order chi connectivity index (χ0) is 15.7. The molecule has 0 saturated heterocycles. The lowest BCUT2D eigenvalue weighted by molar-refractivity contribution is 0.0969. The number of nitrogens with zero attached hydrogens (tertiary/aromatic N) is 4. The van der Waals surface area contributed by atoms with Crippen molar-refractivity contribution in [3.8, 4) is 5.88 Å². The van der Waals surface area contributed by atoms with E-state index >= 15 is 0 Å². The van der Waals surface area contributed by atoms with E-state index in [1.54, 1.807) is 12.3 Å². The van der Waals surface area contributed by atoms with E-state index in [2.05, 4.69) is 15.0 Å². The normalized spacial score (nSPS) is 13.7. The largest absolute Gasteiger partial charge is 0.474 e. The third kappa shape index (κ3) is 2.59. The number of amides is 1. The zero-order valence-corrected chi connectivity index (χ0v) is 11.7. The molecule has 0 aromatic carbocycles.